The summed E-state index contributed by atoms with van der Waals surface area (Å²) < 4.78 is 10.6. The second kappa shape index (κ2) is 7.72. The number of para-hydroxylation sites is 2. The van der Waals surface area contributed by atoms with Gasteiger partial charge in [0.25, 0.3) is 5.91 Å². The number of benzene rings is 2. The minimum absolute atomic E-state index is 0.331. The summed E-state index contributed by atoms with van der Waals surface area (Å²) in [7, 11) is 1.31. The van der Waals surface area contributed by atoms with E-state index in [2.05, 4.69) is 0 Å². The molecule has 0 fully saturated rings. The maximum Gasteiger partial charge on any atom is 0.415 e. The van der Waals surface area contributed by atoms with E-state index >= 15 is 0 Å². The maximum absolute atomic E-state index is 13.9. The van der Waals surface area contributed by atoms with Crippen molar-refractivity contribution >= 4 is 29.3 Å². The van der Waals surface area contributed by atoms with Gasteiger partial charge < -0.3 is 9.47 Å². The Morgan fingerprint density at radius 3 is 1.90 bits per heavy atom. The molecule has 2 amide bonds. The Morgan fingerprint density at radius 1 is 0.839 bits per heavy atom. The van der Waals surface area contributed by atoms with Gasteiger partial charge in [0.1, 0.15) is 17.7 Å². The molecule has 0 unspecified atom stereocenters. The van der Waals surface area contributed by atoms with E-state index in [0.717, 1.165) is 11.1 Å². The zero-order valence-electron chi connectivity index (χ0n) is 18.1. The number of carbonyl (C=O) groups is 3. The lowest BCUT2D eigenvalue weighted by Crippen LogP contribution is -2.54. The molecule has 0 aromatic heterocycles. The van der Waals surface area contributed by atoms with Crippen LogP contribution in [0.4, 0.5) is 16.2 Å². The number of anilines is 2. The molecule has 7 heteroatoms. The summed E-state index contributed by atoms with van der Waals surface area (Å²) >= 11 is 0. The second-order valence-electron chi connectivity index (χ2n) is 8.78. The molecule has 0 aliphatic carbocycles. The van der Waals surface area contributed by atoms with Gasteiger partial charge in [0, 0.05) is 18.5 Å². The molecule has 31 heavy (non-hydrogen) atoms. The van der Waals surface area contributed by atoms with Gasteiger partial charge in [-0.3, -0.25) is 14.6 Å². The summed E-state index contributed by atoms with van der Waals surface area (Å²) in [5.74, 6) is -0.814. The monoisotopic (exact) mass is 422 g/mol. The molecule has 2 aromatic rings. The van der Waals surface area contributed by atoms with Gasteiger partial charge in [0.2, 0.25) is 0 Å². The molecular weight excluding hydrogens is 396 g/mol. The van der Waals surface area contributed by atoms with Crippen molar-refractivity contribution in [3.8, 4) is 0 Å². The fourth-order valence-corrected chi connectivity index (χ4v) is 4.26. The molecule has 2 aliphatic rings. The smallest absolute Gasteiger partial charge is 0.415 e. The molecule has 7 nitrogen and oxygen atoms in total. The number of amides is 2. The summed E-state index contributed by atoms with van der Waals surface area (Å²) in [5, 5.41) is 0. The molecule has 0 saturated carbocycles. The van der Waals surface area contributed by atoms with Crippen LogP contribution >= 0.6 is 0 Å². The standard InChI is InChI=1S/C24H26N2O5/c1-24(2,3)31-23(29)26-18-12-8-6-9-15(18)13-19(26)21(27)25-17-11-7-5-10-16(17)14-20(25)22(28)30-4/h5-12,19-20H,13-14H2,1-4H3/t19-,20+/m1/s1. The SMILES string of the molecule is COC(=O)[C@@H]1Cc2ccccc2N1C(=O)[C@H]1Cc2ccccc2N1C(=O)OC(C)(C)C. The topological polar surface area (TPSA) is 76.2 Å². The van der Waals surface area contributed by atoms with Crippen molar-refractivity contribution in [2.75, 3.05) is 16.9 Å². The lowest BCUT2D eigenvalue weighted by molar-refractivity contribution is -0.143. The van der Waals surface area contributed by atoms with E-state index in [4.69, 9.17) is 9.47 Å². The fraction of sp³-hybridized carbons (Fsp3) is 0.375. The average Bonchev–Trinajstić information content (AvgIpc) is 3.30. The normalized spacial score (nSPS) is 19.6. The third kappa shape index (κ3) is 3.76. The molecule has 0 N–H and O–H groups in total. The summed E-state index contributed by atoms with van der Waals surface area (Å²) in [5.41, 5.74) is 2.39. The molecule has 2 heterocycles. The number of carbonyl (C=O) groups excluding carboxylic acids is 3. The van der Waals surface area contributed by atoms with E-state index in [-0.39, 0.29) is 5.91 Å². The van der Waals surface area contributed by atoms with E-state index in [1.807, 2.05) is 48.5 Å². The predicted molar refractivity (Wildman–Crippen MR) is 116 cm³/mol. The number of fused-ring (bicyclic) bond motifs is 2. The van der Waals surface area contributed by atoms with Crippen LogP contribution in [-0.4, -0.2) is 42.8 Å². The molecule has 2 aliphatic heterocycles. The molecular formula is C24H26N2O5. The third-order valence-electron chi connectivity index (χ3n) is 5.54. The lowest BCUT2D eigenvalue weighted by atomic mass is 10.1. The van der Waals surface area contributed by atoms with Crippen LogP contribution in [0.5, 0.6) is 0 Å². The number of methoxy groups -OCH3 is 1. The van der Waals surface area contributed by atoms with Crippen molar-refractivity contribution in [3.63, 3.8) is 0 Å². The van der Waals surface area contributed by atoms with Crippen molar-refractivity contribution in [2.45, 2.75) is 51.3 Å². The zero-order valence-corrected chi connectivity index (χ0v) is 18.1. The quantitative estimate of drug-likeness (QED) is 0.693. The number of hydrogen-bond donors (Lipinski definition) is 0. The van der Waals surface area contributed by atoms with Gasteiger partial charge in [-0.1, -0.05) is 36.4 Å². The Hall–Kier alpha value is -3.35. The van der Waals surface area contributed by atoms with Crippen LogP contribution < -0.4 is 9.80 Å². The molecule has 2 atom stereocenters. The summed E-state index contributed by atoms with van der Waals surface area (Å²) in [6.07, 6.45) is 0.138. The number of hydrogen-bond acceptors (Lipinski definition) is 5. The Morgan fingerprint density at radius 2 is 1.35 bits per heavy atom. The van der Waals surface area contributed by atoms with E-state index < -0.39 is 29.7 Å². The highest BCUT2D eigenvalue weighted by molar-refractivity contribution is 6.10. The average molecular weight is 422 g/mol. The van der Waals surface area contributed by atoms with Crippen LogP contribution in [-0.2, 0) is 31.9 Å². The van der Waals surface area contributed by atoms with Crippen molar-refractivity contribution in [2.24, 2.45) is 0 Å². The molecule has 0 bridgehead atoms. The van der Waals surface area contributed by atoms with Crippen molar-refractivity contribution < 1.29 is 23.9 Å². The van der Waals surface area contributed by atoms with Gasteiger partial charge in [-0.05, 0) is 44.0 Å². The highest BCUT2D eigenvalue weighted by atomic mass is 16.6. The van der Waals surface area contributed by atoms with Crippen LogP contribution in [0.25, 0.3) is 0 Å². The number of ether oxygens (including phenoxy) is 2. The fourth-order valence-electron chi connectivity index (χ4n) is 4.26. The molecule has 162 valence electrons. The number of rotatable bonds is 2. The Bertz CT molecular complexity index is 1040. The zero-order chi connectivity index (χ0) is 22.3. The first kappa shape index (κ1) is 20.9. The third-order valence-corrected chi connectivity index (χ3v) is 5.54. The van der Waals surface area contributed by atoms with Crippen LogP contribution in [0.2, 0.25) is 0 Å². The van der Waals surface area contributed by atoms with Crippen molar-refractivity contribution in [3.05, 3.63) is 59.7 Å². The number of nitrogens with zero attached hydrogens (tertiary/aromatic N) is 2. The molecule has 4 rings (SSSR count). The Kier molecular flexibility index (Phi) is 5.21. The highest BCUT2D eigenvalue weighted by Crippen LogP contribution is 2.38. The Labute approximate surface area is 181 Å². The van der Waals surface area contributed by atoms with Crippen LogP contribution in [0.1, 0.15) is 31.9 Å². The van der Waals surface area contributed by atoms with Gasteiger partial charge in [0.05, 0.1) is 12.8 Å². The van der Waals surface area contributed by atoms with E-state index in [9.17, 15) is 14.4 Å². The maximum atomic E-state index is 13.9. The highest BCUT2D eigenvalue weighted by Gasteiger charge is 2.47. The minimum Gasteiger partial charge on any atom is -0.467 e. The first-order valence-corrected chi connectivity index (χ1v) is 10.3. The van der Waals surface area contributed by atoms with E-state index in [0.29, 0.717) is 24.2 Å². The van der Waals surface area contributed by atoms with E-state index in [1.54, 1.807) is 20.8 Å². The van der Waals surface area contributed by atoms with Crippen molar-refractivity contribution in [1.82, 2.24) is 0 Å². The van der Waals surface area contributed by atoms with Crippen LogP contribution in [0.3, 0.4) is 0 Å². The largest absolute Gasteiger partial charge is 0.467 e. The summed E-state index contributed by atoms with van der Waals surface area (Å²) in [4.78, 5) is 42.4. The second-order valence-corrected chi connectivity index (χ2v) is 8.78. The predicted octanol–water partition coefficient (Wildman–Crippen LogP) is 3.48. The number of esters is 1. The van der Waals surface area contributed by atoms with Gasteiger partial charge in [-0.15, -0.1) is 0 Å². The Balaban J connectivity index is 1.73. The molecule has 0 radical (unpaired) electrons. The minimum atomic E-state index is -0.814. The summed E-state index contributed by atoms with van der Waals surface area (Å²) in [6, 6.07) is 13.2. The van der Waals surface area contributed by atoms with Crippen molar-refractivity contribution in [1.29, 1.82) is 0 Å². The van der Waals surface area contributed by atoms with Gasteiger partial charge in [-0.25, -0.2) is 9.59 Å². The molecule has 2 aromatic carbocycles. The first-order valence-electron chi connectivity index (χ1n) is 10.3. The van der Waals surface area contributed by atoms with Gasteiger partial charge >= 0.3 is 12.1 Å². The molecule has 0 spiro atoms. The van der Waals surface area contributed by atoms with Crippen LogP contribution in [0, 0.1) is 0 Å². The van der Waals surface area contributed by atoms with Gasteiger partial charge in [-0.2, -0.15) is 0 Å². The first-order chi connectivity index (χ1) is 14.7. The summed E-state index contributed by atoms with van der Waals surface area (Å²) in [6.45, 7) is 5.36. The lowest BCUT2D eigenvalue weighted by Gasteiger charge is -2.32. The van der Waals surface area contributed by atoms with Crippen LogP contribution in [0.15, 0.2) is 48.5 Å². The van der Waals surface area contributed by atoms with E-state index in [1.165, 1.54) is 16.9 Å². The molecule has 0 saturated heterocycles. The van der Waals surface area contributed by atoms with Gasteiger partial charge in [0.15, 0.2) is 0 Å².